The topological polar surface area (TPSA) is 46.5 Å². The van der Waals surface area contributed by atoms with Crippen LogP contribution in [-0.4, -0.2) is 23.9 Å². The molecule has 128 valence electrons. The van der Waals surface area contributed by atoms with Gasteiger partial charge >= 0.3 is 12.1 Å². The largest absolute Gasteiger partial charge is 0.505 e. The maximum atomic E-state index is 13.5. The molecular formula is C15H15F5O3. The van der Waals surface area contributed by atoms with Gasteiger partial charge in [-0.25, -0.2) is 4.39 Å². The van der Waals surface area contributed by atoms with E-state index < -0.39 is 60.1 Å². The normalized spacial score (nSPS) is 24.7. The van der Waals surface area contributed by atoms with Gasteiger partial charge in [0.15, 0.2) is 11.6 Å². The van der Waals surface area contributed by atoms with E-state index in [1.165, 1.54) is 6.92 Å². The summed E-state index contributed by atoms with van der Waals surface area (Å²) in [4.78, 5) is 11.9. The van der Waals surface area contributed by atoms with Gasteiger partial charge in [-0.2, -0.15) is 17.6 Å². The van der Waals surface area contributed by atoms with Crippen LogP contribution in [0.25, 0.3) is 0 Å². The lowest BCUT2D eigenvalue weighted by Crippen LogP contribution is -2.22. The van der Waals surface area contributed by atoms with Gasteiger partial charge in [-0.15, -0.1) is 0 Å². The van der Waals surface area contributed by atoms with Crippen molar-refractivity contribution in [3.63, 3.8) is 0 Å². The van der Waals surface area contributed by atoms with Crippen molar-refractivity contribution in [1.82, 2.24) is 0 Å². The van der Waals surface area contributed by atoms with Crippen molar-refractivity contribution in [1.29, 1.82) is 0 Å². The monoisotopic (exact) mass is 338 g/mol. The highest BCUT2D eigenvalue weighted by Gasteiger charge is 2.51. The Morgan fingerprint density at radius 1 is 1.30 bits per heavy atom. The van der Waals surface area contributed by atoms with Crippen molar-refractivity contribution in [2.75, 3.05) is 6.61 Å². The quantitative estimate of drug-likeness (QED) is 0.671. The first-order valence-corrected chi connectivity index (χ1v) is 7.07. The molecule has 0 aliphatic heterocycles. The van der Waals surface area contributed by atoms with Crippen LogP contribution in [0.5, 0.6) is 5.75 Å². The number of halogens is 5. The average Bonchev–Trinajstić information content (AvgIpc) is 2.90. The minimum atomic E-state index is -4.52. The third-order valence-electron chi connectivity index (χ3n) is 4.11. The number of carbonyl (C=O) groups excluding carboxylic acids is 1. The second-order valence-electron chi connectivity index (χ2n) is 5.47. The van der Waals surface area contributed by atoms with E-state index >= 15 is 0 Å². The highest BCUT2D eigenvalue weighted by Crippen LogP contribution is 2.51. The minimum absolute atomic E-state index is 0.0114. The Labute approximate surface area is 129 Å². The van der Waals surface area contributed by atoms with E-state index in [1.54, 1.807) is 0 Å². The van der Waals surface area contributed by atoms with Crippen LogP contribution in [0, 0.1) is 23.5 Å². The molecule has 0 aromatic heterocycles. The maximum Gasteiger partial charge on any atom is 0.391 e. The molecule has 0 heterocycles. The lowest BCUT2D eigenvalue weighted by atomic mass is 9.88. The van der Waals surface area contributed by atoms with E-state index in [-0.39, 0.29) is 12.2 Å². The van der Waals surface area contributed by atoms with Gasteiger partial charge < -0.3 is 9.84 Å². The predicted molar refractivity (Wildman–Crippen MR) is 69.7 cm³/mol. The summed E-state index contributed by atoms with van der Waals surface area (Å²) < 4.78 is 70.3. The molecule has 0 saturated heterocycles. The molecule has 3 atom stereocenters. The maximum absolute atomic E-state index is 13.5. The second-order valence-corrected chi connectivity index (χ2v) is 5.47. The molecule has 1 aromatic carbocycles. The highest BCUT2D eigenvalue weighted by molar-refractivity contribution is 5.74. The fourth-order valence-corrected chi connectivity index (χ4v) is 3.01. The molecule has 1 fully saturated rings. The molecule has 2 rings (SSSR count). The summed E-state index contributed by atoms with van der Waals surface area (Å²) in [6, 6.07) is 1.72. The molecule has 8 heteroatoms. The molecule has 23 heavy (non-hydrogen) atoms. The number of hydrogen-bond acceptors (Lipinski definition) is 3. The van der Waals surface area contributed by atoms with Crippen molar-refractivity contribution in [2.45, 2.75) is 31.9 Å². The van der Waals surface area contributed by atoms with Gasteiger partial charge in [0, 0.05) is 11.5 Å². The zero-order valence-electron chi connectivity index (χ0n) is 12.2. The Hall–Kier alpha value is -1.86. The predicted octanol–water partition coefficient (Wildman–Crippen LogP) is 3.91. The van der Waals surface area contributed by atoms with Gasteiger partial charge in [0.1, 0.15) is 0 Å². The minimum Gasteiger partial charge on any atom is -0.505 e. The number of aromatic hydroxyl groups is 1. The van der Waals surface area contributed by atoms with Crippen LogP contribution in [0.4, 0.5) is 22.0 Å². The lowest BCUT2D eigenvalue weighted by molar-refractivity contribution is -0.174. The van der Waals surface area contributed by atoms with Crippen molar-refractivity contribution >= 4 is 5.97 Å². The summed E-state index contributed by atoms with van der Waals surface area (Å²) in [5, 5.41) is 9.71. The van der Waals surface area contributed by atoms with Gasteiger partial charge in [0.2, 0.25) is 5.82 Å². The summed E-state index contributed by atoms with van der Waals surface area (Å²) in [5.41, 5.74) is -0.214. The van der Waals surface area contributed by atoms with E-state index in [0.717, 1.165) is 6.07 Å². The summed E-state index contributed by atoms with van der Waals surface area (Å²) >= 11 is 0. The third-order valence-corrected chi connectivity index (χ3v) is 4.11. The molecule has 0 spiro atoms. The average molecular weight is 338 g/mol. The Morgan fingerprint density at radius 3 is 2.52 bits per heavy atom. The van der Waals surface area contributed by atoms with Crippen molar-refractivity contribution in [3.05, 3.63) is 29.3 Å². The number of phenolic OH excluding ortho intramolecular Hbond substituents is 1. The van der Waals surface area contributed by atoms with Crippen molar-refractivity contribution in [3.8, 4) is 5.75 Å². The summed E-state index contributed by atoms with van der Waals surface area (Å²) in [6.07, 6.45) is -5.52. The van der Waals surface area contributed by atoms with Gasteiger partial charge in [-0.3, -0.25) is 4.79 Å². The first-order valence-electron chi connectivity index (χ1n) is 7.07. The summed E-state index contributed by atoms with van der Waals surface area (Å²) in [5.74, 6) is -8.78. The summed E-state index contributed by atoms with van der Waals surface area (Å²) in [6.45, 7) is 1.50. The van der Waals surface area contributed by atoms with Crippen LogP contribution in [0.1, 0.15) is 31.2 Å². The molecule has 0 amide bonds. The van der Waals surface area contributed by atoms with Gasteiger partial charge in [0.05, 0.1) is 18.4 Å². The fourth-order valence-electron chi connectivity index (χ4n) is 3.01. The zero-order valence-corrected chi connectivity index (χ0v) is 12.2. The molecule has 0 bridgehead atoms. The van der Waals surface area contributed by atoms with Crippen LogP contribution in [0.3, 0.4) is 0 Å². The van der Waals surface area contributed by atoms with Crippen molar-refractivity contribution < 1.29 is 36.6 Å². The molecule has 1 aliphatic rings. The third kappa shape index (κ3) is 3.40. The molecule has 3 unspecified atom stereocenters. The number of ether oxygens (including phenoxy) is 1. The van der Waals surface area contributed by atoms with Gasteiger partial charge in [-0.1, -0.05) is 6.07 Å². The number of esters is 1. The second kappa shape index (κ2) is 6.33. The smallest absolute Gasteiger partial charge is 0.391 e. The van der Waals surface area contributed by atoms with Crippen LogP contribution >= 0.6 is 0 Å². The molecule has 1 aliphatic carbocycles. The van der Waals surface area contributed by atoms with E-state index in [2.05, 4.69) is 0 Å². The first kappa shape index (κ1) is 17.5. The number of carbonyl (C=O) groups is 1. The molecule has 1 aromatic rings. The number of phenols is 1. The SMILES string of the molecule is CCOC(=O)C1CC(C(F)(F)F)CC1c1ccc(F)c(F)c1O. The Morgan fingerprint density at radius 2 is 1.96 bits per heavy atom. The Balaban J connectivity index is 2.40. The van der Waals surface area contributed by atoms with E-state index in [1.807, 2.05) is 0 Å². The van der Waals surface area contributed by atoms with Crippen LogP contribution in [0.2, 0.25) is 0 Å². The molecule has 1 N–H and O–H groups in total. The molecule has 3 nitrogen and oxygen atoms in total. The van der Waals surface area contributed by atoms with E-state index in [0.29, 0.717) is 6.07 Å². The number of alkyl halides is 3. The Kier molecular flexibility index (Phi) is 4.81. The van der Waals surface area contributed by atoms with E-state index in [9.17, 15) is 31.9 Å². The lowest BCUT2D eigenvalue weighted by Gasteiger charge is -2.19. The fraction of sp³-hybridized carbons (Fsp3) is 0.533. The van der Waals surface area contributed by atoms with Gasteiger partial charge in [-0.05, 0) is 25.8 Å². The van der Waals surface area contributed by atoms with Crippen LogP contribution in [-0.2, 0) is 9.53 Å². The highest BCUT2D eigenvalue weighted by atomic mass is 19.4. The van der Waals surface area contributed by atoms with E-state index in [4.69, 9.17) is 4.74 Å². The van der Waals surface area contributed by atoms with Crippen LogP contribution < -0.4 is 0 Å². The van der Waals surface area contributed by atoms with Gasteiger partial charge in [0.25, 0.3) is 0 Å². The van der Waals surface area contributed by atoms with Crippen molar-refractivity contribution in [2.24, 2.45) is 11.8 Å². The first-order chi connectivity index (χ1) is 10.7. The number of benzene rings is 1. The number of hydrogen-bond donors (Lipinski definition) is 1. The Bertz CT molecular complexity index is 600. The molecule has 0 radical (unpaired) electrons. The standard InChI is InChI=1S/C15H15F5O3/c1-2-23-14(22)10-6-7(15(18,19)20)5-9(10)8-3-4-11(16)12(17)13(8)21/h3-4,7,9-10,21H,2,5-6H2,1H3. The van der Waals surface area contributed by atoms with Crippen LogP contribution in [0.15, 0.2) is 12.1 Å². The number of rotatable bonds is 3. The zero-order chi connectivity index (χ0) is 17.4. The molecule has 1 saturated carbocycles. The summed E-state index contributed by atoms with van der Waals surface area (Å²) in [7, 11) is 0. The molecular weight excluding hydrogens is 323 g/mol.